The van der Waals surface area contributed by atoms with E-state index in [4.69, 9.17) is 4.42 Å². The van der Waals surface area contributed by atoms with E-state index in [2.05, 4.69) is 20.3 Å². The predicted octanol–water partition coefficient (Wildman–Crippen LogP) is 1.63. The lowest BCUT2D eigenvalue weighted by Crippen LogP contribution is -2.38. The predicted molar refractivity (Wildman–Crippen MR) is 73.0 cm³/mol. The third-order valence-corrected chi connectivity index (χ3v) is 3.73. The minimum atomic E-state index is -1.79. The monoisotopic (exact) mass is 321 g/mol. The van der Waals surface area contributed by atoms with Gasteiger partial charge >= 0.3 is 0 Å². The fourth-order valence-electron chi connectivity index (χ4n) is 2.43. The van der Waals surface area contributed by atoms with Crippen molar-refractivity contribution in [2.75, 3.05) is 0 Å². The molecule has 0 aliphatic heterocycles. The Hall–Kier alpha value is -2.68. The molecule has 120 valence electrons. The molecule has 1 aromatic carbocycles. The molecule has 3 rings (SSSR count). The fourth-order valence-corrected chi connectivity index (χ4v) is 2.43. The molecule has 2 heterocycles. The molecule has 9 heteroatoms. The van der Waals surface area contributed by atoms with Crippen molar-refractivity contribution < 1.29 is 18.3 Å². The number of benzene rings is 1. The molecule has 0 saturated heterocycles. The molecular formula is C14H13F2N5O2. The van der Waals surface area contributed by atoms with E-state index in [0.717, 1.165) is 12.5 Å². The number of aliphatic hydroxyl groups is 1. The van der Waals surface area contributed by atoms with Gasteiger partial charge in [0, 0.05) is 11.6 Å². The van der Waals surface area contributed by atoms with E-state index in [1.807, 2.05) is 0 Å². The summed E-state index contributed by atoms with van der Waals surface area (Å²) < 4.78 is 33.9. The van der Waals surface area contributed by atoms with Gasteiger partial charge in [-0.3, -0.25) is 0 Å². The van der Waals surface area contributed by atoms with E-state index in [0.29, 0.717) is 6.07 Å². The zero-order valence-electron chi connectivity index (χ0n) is 12.1. The van der Waals surface area contributed by atoms with Gasteiger partial charge in [-0.1, -0.05) is 13.0 Å². The first kappa shape index (κ1) is 15.2. The van der Waals surface area contributed by atoms with Crippen molar-refractivity contribution in [1.29, 1.82) is 0 Å². The molecule has 0 amide bonds. The van der Waals surface area contributed by atoms with Gasteiger partial charge in [-0.25, -0.2) is 18.4 Å². The zero-order chi connectivity index (χ0) is 16.4. The Balaban J connectivity index is 2.08. The van der Waals surface area contributed by atoms with Crippen molar-refractivity contribution in [2.24, 2.45) is 0 Å². The van der Waals surface area contributed by atoms with Gasteiger partial charge in [-0.2, -0.15) is 5.10 Å². The van der Waals surface area contributed by atoms with Crippen molar-refractivity contribution in [2.45, 2.75) is 25.0 Å². The molecule has 1 N–H and O–H groups in total. The SMILES string of the molecule is CC(c1nnco1)C(O)(Cn1cncn1)c1ccc(F)cc1F. The molecule has 2 unspecified atom stereocenters. The summed E-state index contributed by atoms with van der Waals surface area (Å²) in [5.74, 6) is -2.26. The van der Waals surface area contributed by atoms with Gasteiger partial charge in [-0.05, 0) is 6.07 Å². The first-order chi connectivity index (χ1) is 11.0. The lowest BCUT2D eigenvalue weighted by Gasteiger charge is -2.32. The number of hydrogen-bond acceptors (Lipinski definition) is 6. The molecule has 0 spiro atoms. The summed E-state index contributed by atoms with van der Waals surface area (Å²) in [6.07, 6.45) is 3.79. The zero-order valence-corrected chi connectivity index (χ0v) is 12.1. The summed E-state index contributed by atoms with van der Waals surface area (Å²) in [6, 6.07) is 2.97. The van der Waals surface area contributed by atoms with Crippen LogP contribution in [0.3, 0.4) is 0 Å². The van der Waals surface area contributed by atoms with Crippen LogP contribution in [0.1, 0.15) is 24.3 Å². The van der Waals surface area contributed by atoms with E-state index in [1.165, 1.54) is 23.4 Å². The highest BCUT2D eigenvalue weighted by Gasteiger charge is 2.42. The number of rotatable bonds is 5. The van der Waals surface area contributed by atoms with Crippen molar-refractivity contribution in [1.82, 2.24) is 25.0 Å². The van der Waals surface area contributed by atoms with Crippen LogP contribution >= 0.6 is 0 Å². The molecule has 2 aromatic heterocycles. The molecule has 7 nitrogen and oxygen atoms in total. The molecule has 0 aliphatic rings. The van der Waals surface area contributed by atoms with Crippen molar-refractivity contribution >= 4 is 0 Å². The van der Waals surface area contributed by atoms with Gasteiger partial charge in [0.25, 0.3) is 0 Å². The van der Waals surface area contributed by atoms with Crippen LogP contribution in [-0.4, -0.2) is 30.1 Å². The Bertz CT molecular complexity index is 779. The molecule has 3 aromatic rings. The normalized spacial score (nSPS) is 15.3. The quantitative estimate of drug-likeness (QED) is 0.768. The third-order valence-electron chi connectivity index (χ3n) is 3.73. The highest BCUT2D eigenvalue weighted by Crippen LogP contribution is 2.38. The average molecular weight is 321 g/mol. The second-order valence-corrected chi connectivity index (χ2v) is 5.14. The third kappa shape index (κ3) is 2.82. The Labute approximate surface area is 129 Å². The number of halogens is 2. The Morgan fingerprint density at radius 1 is 1.39 bits per heavy atom. The van der Waals surface area contributed by atoms with Crippen molar-refractivity contribution in [3.05, 3.63) is 60.3 Å². The van der Waals surface area contributed by atoms with E-state index in [-0.39, 0.29) is 18.0 Å². The fraction of sp³-hybridized carbons (Fsp3) is 0.286. The minimum Gasteiger partial charge on any atom is -0.428 e. The number of aromatic nitrogens is 5. The summed E-state index contributed by atoms with van der Waals surface area (Å²) in [5, 5.41) is 22.4. The lowest BCUT2D eigenvalue weighted by atomic mass is 9.81. The highest BCUT2D eigenvalue weighted by molar-refractivity contribution is 5.28. The average Bonchev–Trinajstić information content (AvgIpc) is 3.19. The topological polar surface area (TPSA) is 89.9 Å². The maximum atomic E-state index is 14.3. The Kier molecular flexibility index (Phi) is 3.87. The van der Waals surface area contributed by atoms with Gasteiger partial charge < -0.3 is 9.52 Å². The summed E-state index contributed by atoms with van der Waals surface area (Å²) >= 11 is 0. The van der Waals surface area contributed by atoms with Crippen LogP contribution in [0, 0.1) is 11.6 Å². The standard InChI is InChI=1S/C14H13F2N5O2/c1-9(13-20-18-8-23-13)14(22,5-21-7-17-6-19-21)11-3-2-10(15)4-12(11)16/h2-4,6-9,22H,5H2,1H3. The summed E-state index contributed by atoms with van der Waals surface area (Å²) in [7, 11) is 0. The van der Waals surface area contributed by atoms with Crippen LogP contribution in [0.5, 0.6) is 0 Å². The summed E-state index contributed by atoms with van der Waals surface area (Å²) in [5.41, 5.74) is -1.89. The largest absolute Gasteiger partial charge is 0.428 e. The van der Waals surface area contributed by atoms with Crippen LogP contribution in [-0.2, 0) is 12.1 Å². The van der Waals surface area contributed by atoms with Crippen molar-refractivity contribution in [3.63, 3.8) is 0 Å². The minimum absolute atomic E-state index is 0.0971. The van der Waals surface area contributed by atoms with Crippen LogP contribution < -0.4 is 0 Å². The van der Waals surface area contributed by atoms with E-state index >= 15 is 0 Å². The lowest BCUT2D eigenvalue weighted by molar-refractivity contribution is -0.0183. The molecule has 0 bridgehead atoms. The Morgan fingerprint density at radius 3 is 2.83 bits per heavy atom. The van der Waals surface area contributed by atoms with E-state index < -0.39 is 23.2 Å². The van der Waals surface area contributed by atoms with Crippen LogP contribution in [0.2, 0.25) is 0 Å². The van der Waals surface area contributed by atoms with Gasteiger partial charge in [-0.15, -0.1) is 10.2 Å². The van der Waals surface area contributed by atoms with E-state index in [9.17, 15) is 13.9 Å². The van der Waals surface area contributed by atoms with E-state index in [1.54, 1.807) is 6.92 Å². The second kappa shape index (κ2) is 5.84. The molecule has 0 aliphatic carbocycles. The maximum absolute atomic E-state index is 14.3. The van der Waals surface area contributed by atoms with Gasteiger partial charge in [0.2, 0.25) is 12.3 Å². The second-order valence-electron chi connectivity index (χ2n) is 5.14. The molecule has 0 fully saturated rings. The van der Waals surface area contributed by atoms with Gasteiger partial charge in [0.1, 0.15) is 29.9 Å². The maximum Gasteiger partial charge on any atom is 0.222 e. The summed E-state index contributed by atoms with van der Waals surface area (Å²) in [6.45, 7) is 1.48. The molecule has 0 radical (unpaired) electrons. The molecule has 23 heavy (non-hydrogen) atoms. The van der Waals surface area contributed by atoms with Gasteiger partial charge in [0.15, 0.2) is 0 Å². The number of hydrogen-bond donors (Lipinski definition) is 1. The van der Waals surface area contributed by atoms with Crippen LogP contribution in [0.15, 0.2) is 41.7 Å². The number of nitrogens with zero attached hydrogens (tertiary/aromatic N) is 5. The van der Waals surface area contributed by atoms with Crippen LogP contribution in [0.25, 0.3) is 0 Å². The molecule has 2 atom stereocenters. The molecule has 0 saturated carbocycles. The first-order valence-corrected chi connectivity index (χ1v) is 6.77. The smallest absolute Gasteiger partial charge is 0.222 e. The highest BCUT2D eigenvalue weighted by atomic mass is 19.1. The van der Waals surface area contributed by atoms with Crippen LogP contribution in [0.4, 0.5) is 8.78 Å². The first-order valence-electron chi connectivity index (χ1n) is 6.77. The Morgan fingerprint density at radius 2 is 2.22 bits per heavy atom. The van der Waals surface area contributed by atoms with Gasteiger partial charge in [0.05, 0.1) is 12.5 Å². The van der Waals surface area contributed by atoms with Crippen molar-refractivity contribution in [3.8, 4) is 0 Å². The summed E-state index contributed by atoms with van der Waals surface area (Å²) in [4.78, 5) is 3.79. The molecular weight excluding hydrogens is 308 g/mol.